The van der Waals surface area contributed by atoms with Gasteiger partial charge in [-0.1, -0.05) is 0 Å². The molecule has 0 radical (unpaired) electrons. The minimum Gasteiger partial charge on any atom is -0.379 e. The third-order valence-electron chi connectivity index (χ3n) is 3.13. The van der Waals surface area contributed by atoms with E-state index in [0.717, 1.165) is 12.2 Å². The Bertz CT molecular complexity index is 590. The van der Waals surface area contributed by atoms with Crippen molar-refractivity contribution >= 4 is 11.4 Å². The Morgan fingerprint density at radius 3 is 2.79 bits per heavy atom. The molecule has 0 saturated carbocycles. The summed E-state index contributed by atoms with van der Waals surface area (Å²) in [5, 5.41) is 14.0. The van der Waals surface area contributed by atoms with Crippen LogP contribution in [-0.4, -0.2) is 9.49 Å². The summed E-state index contributed by atoms with van der Waals surface area (Å²) in [6.07, 6.45) is 2.04. The van der Waals surface area contributed by atoms with Gasteiger partial charge in [0, 0.05) is 35.8 Å². The third kappa shape index (κ3) is 2.93. The predicted octanol–water partition coefficient (Wildman–Crippen LogP) is 3.34. The molecule has 1 aromatic heterocycles. The number of nitrogens with one attached hydrogen (secondary N) is 1. The van der Waals surface area contributed by atoms with E-state index in [-0.39, 0.29) is 10.6 Å². The number of nitro benzene ring substituents is 1. The molecular weight excluding hydrogens is 242 g/mol. The topological polar surface area (TPSA) is 60.1 Å². The summed E-state index contributed by atoms with van der Waals surface area (Å²) in [5.41, 5.74) is 2.91. The van der Waals surface area contributed by atoms with Crippen LogP contribution in [0.1, 0.15) is 18.2 Å². The first-order chi connectivity index (χ1) is 9.11. The Morgan fingerprint density at radius 2 is 2.16 bits per heavy atom. The van der Waals surface area contributed by atoms with Crippen LogP contribution in [0.25, 0.3) is 0 Å². The number of hydrogen-bond donors (Lipinski definition) is 1. The first-order valence-electron chi connectivity index (χ1n) is 6.24. The van der Waals surface area contributed by atoms with Crippen LogP contribution in [0.15, 0.2) is 36.5 Å². The molecule has 0 atom stereocenters. The molecule has 19 heavy (non-hydrogen) atoms. The second-order valence-electron chi connectivity index (χ2n) is 4.40. The monoisotopic (exact) mass is 259 g/mol. The van der Waals surface area contributed by atoms with E-state index < -0.39 is 0 Å². The van der Waals surface area contributed by atoms with E-state index in [1.807, 2.05) is 12.3 Å². The summed E-state index contributed by atoms with van der Waals surface area (Å²) in [7, 11) is 0. The van der Waals surface area contributed by atoms with Crippen molar-refractivity contribution in [3.63, 3.8) is 0 Å². The van der Waals surface area contributed by atoms with Gasteiger partial charge in [0.05, 0.1) is 11.5 Å². The molecular formula is C14H17N3O2. The molecule has 100 valence electrons. The Balaban J connectivity index is 2.08. The van der Waals surface area contributed by atoms with Crippen LogP contribution in [0.4, 0.5) is 11.4 Å². The number of nitro groups is 1. The average Bonchev–Trinajstić information content (AvgIpc) is 2.83. The Labute approximate surface area is 112 Å². The lowest BCUT2D eigenvalue weighted by Gasteiger charge is -2.10. The molecule has 0 aliphatic heterocycles. The molecule has 0 bridgehead atoms. The zero-order valence-corrected chi connectivity index (χ0v) is 11.1. The lowest BCUT2D eigenvalue weighted by molar-refractivity contribution is -0.385. The number of rotatable bonds is 5. The van der Waals surface area contributed by atoms with Crippen LogP contribution in [0, 0.1) is 17.0 Å². The lowest BCUT2D eigenvalue weighted by Crippen LogP contribution is -2.06. The highest BCUT2D eigenvalue weighted by Crippen LogP contribution is 2.21. The van der Waals surface area contributed by atoms with Crippen molar-refractivity contribution in [2.75, 3.05) is 5.32 Å². The van der Waals surface area contributed by atoms with Gasteiger partial charge in [0.2, 0.25) is 0 Å². The van der Waals surface area contributed by atoms with E-state index in [1.54, 1.807) is 19.1 Å². The number of benzene rings is 1. The summed E-state index contributed by atoms with van der Waals surface area (Å²) in [6, 6.07) is 9.16. The smallest absolute Gasteiger partial charge is 0.272 e. The Hall–Kier alpha value is -2.30. The van der Waals surface area contributed by atoms with Crippen molar-refractivity contribution in [3.8, 4) is 0 Å². The molecule has 0 aliphatic rings. The second kappa shape index (κ2) is 5.56. The van der Waals surface area contributed by atoms with E-state index in [2.05, 4.69) is 22.9 Å². The number of nitrogens with zero attached hydrogens (tertiary/aromatic N) is 2. The predicted molar refractivity (Wildman–Crippen MR) is 75.3 cm³/mol. The standard InChI is InChI=1S/C14H17N3O2/c1-3-16-8-4-5-13(16)10-15-12-6-7-14(17(18)19)11(2)9-12/h4-9,15H,3,10H2,1-2H3. The number of aromatic nitrogens is 1. The molecule has 5 nitrogen and oxygen atoms in total. The molecule has 0 aliphatic carbocycles. The van der Waals surface area contributed by atoms with E-state index in [9.17, 15) is 10.1 Å². The van der Waals surface area contributed by atoms with Crippen molar-refractivity contribution in [1.82, 2.24) is 4.57 Å². The molecule has 0 fully saturated rings. The molecule has 5 heteroatoms. The van der Waals surface area contributed by atoms with Gasteiger partial charge >= 0.3 is 0 Å². The van der Waals surface area contributed by atoms with Crippen molar-refractivity contribution in [2.24, 2.45) is 0 Å². The summed E-state index contributed by atoms with van der Waals surface area (Å²) in [6.45, 7) is 5.49. The van der Waals surface area contributed by atoms with E-state index in [4.69, 9.17) is 0 Å². The summed E-state index contributed by atoms with van der Waals surface area (Å²) in [4.78, 5) is 10.4. The van der Waals surface area contributed by atoms with Gasteiger partial charge in [0.15, 0.2) is 0 Å². The fourth-order valence-corrected chi connectivity index (χ4v) is 2.08. The molecule has 0 amide bonds. The number of hydrogen-bond acceptors (Lipinski definition) is 3. The molecule has 2 aromatic rings. The maximum atomic E-state index is 10.7. The van der Waals surface area contributed by atoms with Crippen LogP contribution >= 0.6 is 0 Å². The fraction of sp³-hybridized carbons (Fsp3) is 0.286. The number of anilines is 1. The summed E-state index contributed by atoms with van der Waals surface area (Å²) < 4.78 is 2.16. The van der Waals surface area contributed by atoms with Crippen molar-refractivity contribution in [3.05, 3.63) is 57.9 Å². The second-order valence-corrected chi connectivity index (χ2v) is 4.40. The van der Waals surface area contributed by atoms with Crippen LogP contribution in [0.2, 0.25) is 0 Å². The molecule has 2 rings (SSSR count). The molecule has 0 unspecified atom stereocenters. The van der Waals surface area contributed by atoms with Gasteiger partial charge in [-0.15, -0.1) is 0 Å². The average molecular weight is 259 g/mol. The largest absolute Gasteiger partial charge is 0.379 e. The Morgan fingerprint density at radius 1 is 1.37 bits per heavy atom. The summed E-state index contributed by atoms with van der Waals surface area (Å²) in [5.74, 6) is 0. The number of aryl methyl sites for hydroxylation is 2. The van der Waals surface area contributed by atoms with E-state index >= 15 is 0 Å². The first kappa shape index (κ1) is 13.1. The van der Waals surface area contributed by atoms with Gasteiger partial charge in [-0.25, -0.2) is 0 Å². The highest BCUT2D eigenvalue weighted by Gasteiger charge is 2.10. The van der Waals surface area contributed by atoms with E-state index in [1.165, 1.54) is 11.8 Å². The molecule has 0 spiro atoms. The van der Waals surface area contributed by atoms with Gasteiger partial charge < -0.3 is 9.88 Å². The zero-order chi connectivity index (χ0) is 13.8. The summed E-state index contributed by atoms with van der Waals surface area (Å²) >= 11 is 0. The van der Waals surface area contributed by atoms with Crippen LogP contribution in [0.5, 0.6) is 0 Å². The maximum absolute atomic E-state index is 10.7. The van der Waals surface area contributed by atoms with Gasteiger partial charge in [-0.05, 0) is 38.1 Å². The lowest BCUT2D eigenvalue weighted by atomic mass is 10.2. The minimum atomic E-state index is -0.360. The zero-order valence-electron chi connectivity index (χ0n) is 11.1. The van der Waals surface area contributed by atoms with Crippen LogP contribution in [0.3, 0.4) is 0 Å². The highest BCUT2D eigenvalue weighted by atomic mass is 16.6. The first-order valence-corrected chi connectivity index (χ1v) is 6.24. The molecule has 1 aromatic carbocycles. The maximum Gasteiger partial charge on any atom is 0.272 e. The molecule has 1 N–H and O–H groups in total. The SMILES string of the molecule is CCn1cccc1CNc1ccc([N+](=O)[O-])c(C)c1. The highest BCUT2D eigenvalue weighted by molar-refractivity contribution is 5.53. The fourth-order valence-electron chi connectivity index (χ4n) is 2.08. The van der Waals surface area contributed by atoms with Crippen molar-refractivity contribution in [1.29, 1.82) is 0 Å². The van der Waals surface area contributed by atoms with Crippen molar-refractivity contribution in [2.45, 2.75) is 26.9 Å². The normalized spacial score (nSPS) is 10.4. The van der Waals surface area contributed by atoms with Gasteiger partial charge in [-0.3, -0.25) is 10.1 Å². The van der Waals surface area contributed by atoms with Gasteiger partial charge in [-0.2, -0.15) is 0 Å². The molecule has 1 heterocycles. The van der Waals surface area contributed by atoms with Gasteiger partial charge in [0.1, 0.15) is 0 Å². The third-order valence-corrected chi connectivity index (χ3v) is 3.13. The van der Waals surface area contributed by atoms with Crippen molar-refractivity contribution < 1.29 is 4.92 Å². The quantitative estimate of drug-likeness (QED) is 0.661. The molecule has 0 saturated heterocycles. The Kier molecular flexibility index (Phi) is 3.85. The van der Waals surface area contributed by atoms with Gasteiger partial charge in [0.25, 0.3) is 5.69 Å². The van der Waals surface area contributed by atoms with Crippen LogP contribution in [-0.2, 0) is 13.1 Å². The minimum absolute atomic E-state index is 0.155. The van der Waals surface area contributed by atoms with E-state index in [0.29, 0.717) is 12.1 Å². The van der Waals surface area contributed by atoms with Crippen LogP contribution < -0.4 is 5.32 Å².